The highest BCUT2D eigenvalue weighted by Gasteiger charge is 2.18. The molecular formula is C12H6BrF3N2O. The van der Waals surface area contributed by atoms with Gasteiger partial charge in [-0.05, 0) is 12.1 Å². The molecule has 2 aromatic rings. The van der Waals surface area contributed by atoms with E-state index in [0.717, 1.165) is 30.6 Å². The Kier molecular flexibility index (Phi) is 3.84. The highest BCUT2D eigenvalue weighted by molar-refractivity contribution is 9.10. The number of benzene rings is 1. The van der Waals surface area contributed by atoms with Crippen molar-refractivity contribution in [2.75, 3.05) is 5.32 Å². The first-order valence-corrected chi connectivity index (χ1v) is 5.83. The second-order valence-corrected chi connectivity index (χ2v) is 4.51. The van der Waals surface area contributed by atoms with Crippen LogP contribution in [0.4, 0.5) is 18.9 Å². The molecule has 1 amide bonds. The SMILES string of the molecule is O=C(Nc1cncc(F)c1)c1c(F)cc(Br)cc1F. The van der Waals surface area contributed by atoms with Crippen molar-refractivity contribution in [1.29, 1.82) is 0 Å². The van der Waals surface area contributed by atoms with Gasteiger partial charge in [-0.2, -0.15) is 0 Å². The van der Waals surface area contributed by atoms with E-state index >= 15 is 0 Å². The van der Waals surface area contributed by atoms with E-state index in [4.69, 9.17) is 0 Å². The van der Waals surface area contributed by atoms with Gasteiger partial charge in [-0.3, -0.25) is 9.78 Å². The fraction of sp³-hybridized carbons (Fsp3) is 0. The average molecular weight is 331 g/mol. The van der Waals surface area contributed by atoms with Crippen molar-refractivity contribution < 1.29 is 18.0 Å². The zero-order valence-corrected chi connectivity index (χ0v) is 10.8. The van der Waals surface area contributed by atoms with Crippen LogP contribution < -0.4 is 5.32 Å². The van der Waals surface area contributed by atoms with Crippen LogP contribution in [-0.4, -0.2) is 10.9 Å². The monoisotopic (exact) mass is 330 g/mol. The van der Waals surface area contributed by atoms with E-state index in [-0.39, 0.29) is 10.2 Å². The van der Waals surface area contributed by atoms with Gasteiger partial charge in [0.05, 0.1) is 18.1 Å². The third kappa shape index (κ3) is 3.11. The third-order valence-corrected chi connectivity index (χ3v) is 2.65. The lowest BCUT2D eigenvalue weighted by atomic mass is 10.2. The summed E-state index contributed by atoms with van der Waals surface area (Å²) in [6.07, 6.45) is 2.10. The zero-order valence-electron chi connectivity index (χ0n) is 9.25. The molecule has 1 aromatic carbocycles. The van der Waals surface area contributed by atoms with E-state index in [9.17, 15) is 18.0 Å². The van der Waals surface area contributed by atoms with Gasteiger partial charge in [-0.25, -0.2) is 13.2 Å². The molecule has 0 atom stereocenters. The number of pyridine rings is 1. The number of anilines is 1. The summed E-state index contributed by atoms with van der Waals surface area (Å²) in [6, 6.07) is 2.91. The second kappa shape index (κ2) is 5.40. The highest BCUT2D eigenvalue weighted by Crippen LogP contribution is 2.20. The van der Waals surface area contributed by atoms with Gasteiger partial charge in [0.2, 0.25) is 0 Å². The van der Waals surface area contributed by atoms with Crippen LogP contribution >= 0.6 is 15.9 Å². The molecule has 7 heteroatoms. The zero-order chi connectivity index (χ0) is 14.0. The third-order valence-electron chi connectivity index (χ3n) is 2.20. The summed E-state index contributed by atoms with van der Waals surface area (Å²) >= 11 is 2.90. The summed E-state index contributed by atoms with van der Waals surface area (Å²) in [4.78, 5) is 15.2. The number of hydrogen-bond donors (Lipinski definition) is 1. The van der Waals surface area contributed by atoms with Crippen molar-refractivity contribution in [1.82, 2.24) is 4.98 Å². The number of nitrogens with one attached hydrogen (secondary N) is 1. The Labute approximate surface area is 114 Å². The molecule has 0 aliphatic carbocycles. The maximum atomic E-state index is 13.5. The van der Waals surface area contributed by atoms with Crippen LogP contribution in [0.15, 0.2) is 35.1 Å². The molecule has 0 fully saturated rings. The van der Waals surface area contributed by atoms with Crippen LogP contribution in [0, 0.1) is 17.5 Å². The molecule has 2 rings (SSSR count). The van der Waals surface area contributed by atoms with Crippen molar-refractivity contribution in [3.63, 3.8) is 0 Å². The minimum atomic E-state index is -1.02. The van der Waals surface area contributed by atoms with Crippen LogP contribution in [0.3, 0.4) is 0 Å². The molecule has 0 radical (unpaired) electrons. The van der Waals surface area contributed by atoms with E-state index in [1.54, 1.807) is 0 Å². The Morgan fingerprint density at radius 3 is 2.32 bits per heavy atom. The standard InChI is InChI=1S/C12H6BrF3N2O/c13-6-1-9(15)11(10(16)2-6)12(19)18-8-3-7(14)4-17-5-8/h1-5H,(H,18,19). The molecule has 3 nitrogen and oxygen atoms in total. The first-order valence-electron chi connectivity index (χ1n) is 5.04. The number of hydrogen-bond acceptors (Lipinski definition) is 2. The number of halogens is 4. The Morgan fingerprint density at radius 2 is 1.74 bits per heavy atom. The van der Waals surface area contributed by atoms with E-state index in [1.165, 1.54) is 0 Å². The van der Waals surface area contributed by atoms with E-state index in [0.29, 0.717) is 0 Å². The van der Waals surface area contributed by atoms with Crippen molar-refractivity contribution in [2.24, 2.45) is 0 Å². The normalized spacial score (nSPS) is 10.3. The maximum Gasteiger partial charge on any atom is 0.261 e. The summed E-state index contributed by atoms with van der Waals surface area (Å²) in [7, 11) is 0. The molecule has 0 saturated heterocycles. The van der Waals surface area contributed by atoms with Crippen LogP contribution in [0.5, 0.6) is 0 Å². The second-order valence-electron chi connectivity index (χ2n) is 3.59. The molecule has 1 heterocycles. The quantitative estimate of drug-likeness (QED) is 0.915. The lowest BCUT2D eigenvalue weighted by Crippen LogP contribution is -2.16. The largest absolute Gasteiger partial charge is 0.320 e. The Morgan fingerprint density at radius 1 is 1.11 bits per heavy atom. The Hall–Kier alpha value is -1.89. The molecule has 19 heavy (non-hydrogen) atoms. The van der Waals surface area contributed by atoms with Crippen LogP contribution in [-0.2, 0) is 0 Å². The predicted octanol–water partition coefficient (Wildman–Crippen LogP) is 3.51. The van der Waals surface area contributed by atoms with Gasteiger partial charge in [-0.15, -0.1) is 0 Å². The predicted molar refractivity (Wildman–Crippen MR) is 66.2 cm³/mol. The summed E-state index contributed by atoms with van der Waals surface area (Å²) < 4.78 is 40.1. The minimum Gasteiger partial charge on any atom is -0.320 e. The van der Waals surface area contributed by atoms with E-state index < -0.39 is 28.9 Å². The molecular weight excluding hydrogens is 325 g/mol. The number of carbonyl (C=O) groups is 1. The van der Waals surface area contributed by atoms with Crippen molar-refractivity contribution in [2.45, 2.75) is 0 Å². The fourth-order valence-electron chi connectivity index (χ4n) is 1.43. The summed E-state index contributed by atoms with van der Waals surface area (Å²) in [5.74, 6) is -3.73. The van der Waals surface area contributed by atoms with Crippen molar-refractivity contribution in [3.05, 3.63) is 58.1 Å². The first-order chi connectivity index (χ1) is 8.97. The number of nitrogens with zero attached hydrogens (tertiary/aromatic N) is 1. The van der Waals surface area contributed by atoms with Crippen molar-refractivity contribution >= 4 is 27.5 Å². The van der Waals surface area contributed by atoms with Gasteiger partial charge in [0.15, 0.2) is 0 Å². The van der Waals surface area contributed by atoms with Crippen LogP contribution in [0.25, 0.3) is 0 Å². The van der Waals surface area contributed by atoms with Gasteiger partial charge >= 0.3 is 0 Å². The molecule has 0 unspecified atom stereocenters. The molecule has 0 saturated carbocycles. The molecule has 1 aromatic heterocycles. The van der Waals surface area contributed by atoms with Crippen LogP contribution in [0.2, 0.25) is 0 Å². The van der Waals surface area contributed by atoms with Crippen LogP contribution in [0.1, 0.15) is 10.4 Å². The number of rotatable bonds is 2. The maximum absolute atomic E-state index is 13.5. The molecule has 0 bridgehead atoms. The van der Waals surface area contributed by atoms with Gasteiger partial charge in [0.1, 0.15) is 23.0 Å². The minimum absolute atomic E-state index is 0.00622. The summed E-state index contributed by atoms with van der Waals surface area (Å²) in [5, 5.41) is 2.16. The Bertz CT molecular complexity index is 626. The average Bonchev–Trinajstić information content (AvgIpc) is 2.27. The van der Waals surface area contributed by atoms with E-state index in [2.05, 4.69) is 26.2 Å². The van der Waals surface area contributed by atoms with E-state index in [1.807, 2.05) is 0 Å². The topological polar surface area (TPSA) is 42.0 Å². The smallest absolute Gasteiger partial charge is 0.261 e. The summed E-state index contributed by atoms with van der Waals surface area (Å²) in [6.45, 7) is 0. The molecule has 0 aliphatic heterocycles. The highest BCUT2D eigenvalue weighted by atomic mass is 79.9. The van der Waals surface area contributed by atoms with Gasteiger partial charge in [0.25, 0.3) is 5.91 Å². The number of aromatic nitrogens is 1. The van der Waals surface area contributed by atoms with Gasteiger partial charge in [-0.1, -0.05) is 15.9 Å². The molecule has 0 aliphatic rings. The lowest BCUT2D eigenvalue weighted by Gasteiger charge is -2.07. The number of amides is 1. The Balaban J connectivity index is 2.31. The van der Waals surface area contributed by atoms with Gasteiger partial charge < -0.3 is 5.32 Å². The van der Waals surface area contributed by atoms with Crippen molar-refractivity contribution in [3.8, 4) is 0 Å². The number of carbonyl (C=O) groups excluding carboxylic acids is 1. The lowest BCUT2D eigenvalue weighted by molar-refractivity contribution is 0.101. The molecule has 1 N–H and O–H groups in total. The first kappa shape index (κ1) is 13.5. The van der Waals surface area contributed by atoms with Gasteiger partial charge in [0, 0.05) is 10.5 Å². The fourth-order valence-corrected chi connectivity index (χ4v) is 1.83. The summed E-state index contributed by atoms with van der Waals surface area (Å²) in [5.41, 5.74) is -0.737. The molecule has 98 valence electrons. The molecule has 0 spiro atoms.